The molecule has 0 aliphatic heterocycles. The largest absolute Gasteiger partial charge is 0.544 e. The van der Waals surface area contributed by atoms with Gasteiger partial charge in [0.25, 0.3) is 0 Å². The van der Waals surface area contributed by atoms with E-state index < -0.39 is 26.0 Å². The number of benzene rings is 1. The van der Waals surface area contributed by atoms with Gasteiger partial charge in [-0.15, -0.1) is 0 Å². The molecule has 1 rings (SSSR count). The molecule has 0 saturated carbocycles. The number of hydrogen-bond acceptors (Lipinski definition) is 3. The third-order valence-electron chi connectivity index (χ3n) is 2.22. The van der Waals surface area contributed by atoms with Gasteiger partial charge in [0.05, 0.1) is 0 Å². The molecule has 6 heteroatoms. The molecule has 0 aliphatic carbocycles. The van der Waals surface area contributed by atoms with Crippen molar-refractivity contribution in [1.29, 1.82) is 0 Å². The highest BCUT2D eigenvalue weighted by atomic mass is 28.4. The number of hydrogen-bond donors (Lipinski definition) is 2. The lowest BCUT2D eigenvalue weighted by molar-refractivity contribution is -0.128. The second kappa shape index (κ2) is 5.22. The van der Waals surface area contributed by atoms with Crippen molar-refractivity contribution in [2.45, 2.75) is 25.6 Å². The molecule has 0 spiro atoms. The smallest absolute Gasteiger partial charge is 0.242 e. The highest BCUT2D eigenvalue weighted by Gasteiger charge is 2.28. The predicted octanol–water partition coefficient (Wildman–Crippen LogP) is 0.955. The van der Waals surface area contributed by atoms with E-state index in [0.29, 0.717) is 11.3 Å². The lowest BCUT2D eigenvalue weighted by atomic mass is 9.97. The van der Waals surface area contributed by atoms with E-state index in [-0.39, 0.29) is 0 Å². The van der Waals surface area contributed by atoms with Crippen molar-refractivity contribution < 1.29 is 14.0 Å². The quantitative estimate of drug-likeness (QED) is 0.613. The second-order valence-electron chi connectivity index (χ2n) is 4.99. The maximum absolute atomic E-state index is 11.3. The molecule has 1 aromatic rings. The Bertz CT molecular complexity index is 455. The van der Waals surface area contributed by atoms with Crippen molar-refractivity contribution in [3.63, 3.8) is 0 Å². The highest BCUT2D eigenvalue weighted by molar-refractivity contribution is 6.70. The van der Waals surface area contributed by atoms with Gasteiger partial charge in [-0.25, -0.2) is 0 Å². The van der Waals surface area contributed by atoms with Gasteiger partial charge in [-0.1, -0.05) is 18.2 Å². The van der Waals surface area contributed by atoms with E-state index in [4.69, 9.17) is 15.9 Å². The Labute approximate surface area is 107 Å². The van der Waals surface area contributed by atoms with Crippen LogP contribution in [0.2, 0.25) is 19.6 Å². The average molecular weight is 266 g/mol. The Morgan fingerprint density at radius 1 is 1.11 bits per heavy atom. The van der Waals surface area contributed by atoms with Gasteiger partial charge < -0.3 is 15.9 Å². The zero-order chi connectivity index (χ0) is 13.9. The van der Waals surface area contributed by atoms with Gasteiger partial charge >= 0.3 is 0 Å². The van der Waals surface area contributed by atoms with Crippen LogP contribution in [0.15, 0.2) is 24.3 Å². The van der Waals surface area contributed by atoms with Gasteiger partial charge in [0.1, 0.15) is 11.7 Å². The Morgan fingerprint density at radius 3 is 2.06 bits per heavy atom. The summed E-state index contributed by atoms with van der Waals surface area (Å²) in [6.07, 6.45) is 0. The Balaban J connectivity index is 3.23. The molecule has 0 atom stereocenters. The summed E-state index contributed by atoms with van der Waals surface area (Å²) >= 11 is 0. The molecule has 0 fully saturated rings. The zero-order valence-corrected chi connectivity index (χ0v) is 11.8. The lowest BCUT2D eigenvalue weighted by Crippen LogP contribution is -2.35. The summed E-state index contributed by atoms with van der Waals surface area (Å²) in [5, 5.41) is 0. The van der Waals surface area contributed by atoms with Crippen LogP contribution in [0.1, 0.15) is 11.5 Å². The van der Waals surface area contributed by atoms with E-state index in [1.807, 2.05) is 19.6 Å². The molecule has 0 saturated heterocycles. The molecule has 1 aromatic carbocycles. The van der Waals surface area contributed by atoms with Crippen LogP contribution in [-0.4, -0.2) is 20.1 Å². The summed E-state index contributed by atoms with van der Waals surface area (Å²) in [5.41, 5.74) is 10.9. The fraction of sp³-hybridized carbons (Fsp3) is 0.333. The molecule has 0 unspecified atom stereocenters. The molecule has 2 amide bonds. The molecule has 5 nitrogen and oxygen atoms in total. The van der Waals surface area contributed by atoms with Crippen molar-refractivity contribution in [3.8, 4) is 5.75 Å². The average Bonchev–Trinajstić information content (AvgIpc) is 2.17. The number of primary amides is 2. The summed E-state index contributed by atoms with van der Waals surface area (Å²) in [6, 6.07) is 6.84. The number of para-hydroxylation sites is 1. The van der Waals surface area contributed by atoms with E-state index in [1.54, 1.807) is 24.3 Å². The van der Waals surface area contributed by atoms with Crippen molar-refractivity contribution in [1.82, 2.24) is 0 Å². The number of rotatable bonds is 5. The van der Waals surface area contributed by atoms with Crippen molar-refractivity contribution >= 4 is 20.1 Å². The number of carbonyl (C=O) groups is 2. The number of amides is 2. The molecule has 18 heavy (non-hydrogen) atoms. The highest BCUT2D eigenvalue weighted by Crippen LogP contribution is 2.28. The molecule has 0 radical (unpaired) electrons. The maximum atomic E-state index is 11.3. The van der Waals surface area contributed by atoms with Gasteiger partial charge in [-0.3, -0.25) is 9.59 Å². The minimum absolute atomic E-state index is 0.430. The zero-order valence-electron chi connectivity index (χ0n) is 10.8. The van der Waals surface area contributed by atoms with E-state index in [0.717, 1.165) is 0 Å². The maximum Gasteiger partial charge on any atom is 0.242 e. The normalized spacial score (nSPS) is 11.3. The van der Waals surface area contributed by atoms with Crippen LogP contribution >= 0.6 is 0 Å². The van der Waals surface area contributed by atoms with Crippen LogP contribution < -0.4 is 15.9 Å². The second-order valence-corrected chi connectivity index (χ2v) is 9.42. The van der Waals surface area contributed by atoms with Crippen LogP contribution in [0.25, 0.3) is 0 Å². The van der Waals surface area contributed by atoms with Crippen molar-refractivity contribution in [2.24, 2.45) is 11.5 Å². The fourth-order valence-corrected chi connectivity index (χ4v) is 2.43. The summed E-state index contributed by atoms with van der Waals surface area (Å²) in [5.74, 6) is -2.19. The van der Waals surface area contributed by atoms with Gasteiger partial charge in [-0.05, 0) is 25.7 Å². The standard InChI is InChI=1S/C12H18N2O3Si/c1-18(2,3)17-9-7-5-4-6-8(9)10(11(13)15)12(14)16/h4-7,10H,1-3H3,(H2,13,15)(H2,14,16). The Morgan fingerprint density at radius 2 is 1.61 bits per heavy atom. The minimum Gasteiger partial charge on any atom is -0.544 e. The van der Waals surface area contributed by atoms with Crippen LogP contribution in [0.3, 0.4) is 0 Å². The number of nitrogens with two attached hydrogens (primary N) is 2. The van der Waals surface area contributed by atoms with Crippen LogP contribution in [-0.2, 0) is 9.59 Å². The molecule has 4 N–H and O–H groups in total. The van der Waals surface area contributed by atoms with Crippen LogP contribution in [0, 0.1) is 0 Å². The molecule has 0 aliphatic rings. The first kappa shape index (κ1) is 14.2. The first-order valence-corrected chi connectivity index (χ1v) is 9.00. The van der Waals surface area contributed by atoms with E-state index in [2.05, 4.69) is 0 Å². The van der Waals surface area contributed by atoms with Crippen LogP contribution in [0.5, 0.6) is 5.75 Å². The molecular weight excluding hydrogens is 248 g/mol. The van der Waals surface area contributed by atoms with E-state index in [1.165, 1.54) is 0 Å². The molecule has 0 heterocycles. The van der Waals surface area contributed by atoms with E-state index >= 15 is 0 Å². The fourth-order valence-electron chi connectivity index (χ4n) is 1.59. The molecular formula is C12H18N2O3Si. The van der Waals surface area contributed by atoms with Gasteiger partial charge in [0.2, 0.25) is 20.1 Å². The number of carbonyl (C=O) groups excluding carboxylic acids is 2. The van der Waals surface area contributed by atoms with Crippen LogP contribution in [0.4, 0.5) is 0 Å². The third-order valence-corrected chi connectivity index (χ3v) is 3.05. The first-order valence-electron chi connectivity index (χ1n) is 5.59. The lowest BCUT2D eigenvalue weighted by Gasteiger charge is -2.23. The summed E-state index contributed by atoms with van der Waals surface area (Å²) in [4.78, 5) is 22.7. The predicted molar refractivity (Wildman–Crippen MR) is 71.5 cm³/mol. The van der Waals surface area contributed by atoms with Gasteiger partial charge in [0.15, 0.2) is 0 Å². The van der Waals surface area contributed by atoms with Crippen molar-refractivity contribution in [2.75, 3.05) is 0 Å². The Kier molecular flexibility index (Phi) is 4.13. The SMILES string of the molecule is C[Si](C)(C)Oc1ccccc1C(C(N)=O)C(N)=O. The van der Waals surface area contributed by atoms with E-state index in [9.17, 15) is 9.59 Å². The minimum atomic E-state index is -1.85. The third kappa shape index (κ3) is 3.59. The summed E-state index contributed by atoms with van der Waals surface area (Å²) in [6.45, 7) is 6.02. The topological polar surface area (TPSA) is 95.4 Å². The van der Waals surface area contributed by atoms with Crippen molar-refractivity contribution in [3.05, 3.63) is 29.8 Å². The summed E-state index contributed by atoms with van der Waals surface area (Å²) < 4.78 is 5.84. The molecule has 98 valence electrons. The molecule has 0 bridgehead atoms. The van der Waals surface area contributed by atoms with Gasteiger partial charge in [0, 0.05) is 5.56 Å². The molecule has 0 aromatic heterocycles. The Hall–Kier alpha value is -1.82. The monoisotopic (exact) mass is 266 g/mol. The summed E-state index contributed by atoms with van der Waals surface area (Å²) in [7, 11) is -1.85. The first-order chi connectivity index (χ1) is 8.22. The van der Waals surface area contributed by atoms with Gasteiger partial charge in [-0.2, -0.15) is 0 Å².